The summed E-state index contributed by atoms with van der Waals surface area (Å²) in [4.78, 5) is 11.4. The standard InChI is InChI=1S/C11H21NO2/c1-14-9-5-8-11(13)12-10-6-3-2-4-7-10/h10H,2-9H2,1H3,(H,12,13). The van der Waals surface area contributed by atoms with Crippen LogP contribution in [0, 0.1) is 0 Å². The molecule has 0 aliphatic heterocycles. The summed E-state index contributed by atoms with van der Waals surface area (Å²) >= 11 is 0. The Hall–Kier alpha value is -0.570. The fourth-order valence-electron chi connectivity index (χ4n) is 1.92. The number of nitrogens with one attached hydrogen (secondary N) is 1. The van der Waals surface area contributed by atoms with Crippen molar-refractivity contribution in [2.24, 2.45) is 0 Å². The van der Waals surface area contributed by atoms with E-state index < -0.39 is 0 Å². The predicted octanol–water partition coefficient (Wildman–Crippen LogP) is 1.86. The zero-order valence-corrected chi connectivity index (χ0v) is 9.05. The zero-order valence-electron chi connectivity index (χ0n) is 9.05. The zero-order chi connectivity index (χ0) is 10.2. The topological polar surface area (TPSA) is 38.3 Å². The van der Waals surface area contributed by atoms with Crippen molar-refractivity contribution in [2.75, 3.05) is 13.7 Å². The van der Waals surface area contributed by atoms with Crippen molar-refractivity contribution in [2.45, 2.75) is 51.0 Å². The molecule has 0 radical (unpaired) electrons. The van der Waals surface area contributed by atoms with Crippen molar-refractivity contribution in [1.82, 2.24) is 5.32 Å². The fraction of sp³-hybridized carbons (Fsp3) is 0.909. The molecule has 14 heavy (non-hydrogen) atoms. The molecule has 3 nitrogen and oxygen atoms in total. The predicted molar refractivity (Wildman–Crippen MR) is 56.1 cm³/mol. The van der Waals surface area contributed by atoms with Crippen LogP contribution in [0.2, 0.25) is 0 Å². The Morgan fingerprint density at radius 1 is 1.36 bits per heavy atom. The minimum absolute atomic E-state index is 0.189. The molecule has 0 aromatic carbocycles. The van der Waals surface area contributed by atoms with Gasteiger partial charge in [-0.3, -0.25) is 4.79 Å². The maximum Gasteiger partial charge on any atom is 0.220 e. The highest BCUT2D eigenvalue weighted by Crippen LogP contribution is 2.17. The lowest BCUT2D eigenvalue weighted by molar-refractivity contribution is -0.122. The first-order chi connectivity index (χ1) is 6.83. The first-order valence-electron chi connectivity index (χ1n) is 5.61. The highest BCUT2D eigenvalue weighted by atomic mass is 16.5. The van der Waals surface area contributed by atoms with Gasteiger partial charge in [0.15, 0.2) is 0 Å². The number of rotatable bonds is 5. The third kappa shape index (κ3) is 4.61. The van der Waals surface area contributed by atoms with Gasteiger partial charge in [-0.05, 0) is 19.3 Å². The molecule has 1 amide bonds. The monoisotopic (exact) mass is 199 g/mol. The SMILES string of the molecule is COCCCC(=O)NC1CCCCC1. The molecule has 1 aliphatic rings. The summed E-state index contributed by atoms with van der Waals surface area (Å²) in [5, 5.41) is 3.08. The van der Waals surface area contributed by atoms with Crippen molar-refractivity contribution in [3.05, 3.63) is 0 Å². The molecule has 0 heterocycles. The molecule has 1 fully saturated rings. The van der Waals surface area contributed by atoms with E-state index in [-0.39, 0.29) is 5.91 Å². The minimum atomic E-state index is 0.189. The summed E-state index contributed by atoms with van der Waals surface area (Å²) in [5.74, 6) is 0.189. The number of hydrogen-bond acceptors (Lipinski definition) is 2. The van der Waals surface area contributed by atoms with Crippen LogP contribution in [-0.2, 0) is 9.53 Å². The van der Waals surface area contributed by atoms with Gasteiger partial charge in [-0.2, -0.15) is 0 Å². The molecule has 3 heteroatoms. The van der Waals surface area contributed by atoms with Gasteiger partial charge in [0.05, 0.1) is 0 Å². The van der Waals surface area contributed by atoms with E-state index in [0.717, 1.165) is 19.3 Å². The van der Waals surface area contributed by atoms with Crippen LogP contribution in [0.15, 0.2) is 0 Å². The second-order valence-corrected chi connectivity index (χ2v) is 4.00. The first kappa shape index (κ1) is 11.5. The molecule has 82 valence electrons. The van der Waals surface area contributed by atoms with Crippen LogP contribution in [0.5, 0.6) is 0 Å². The molecular weight excluding hydrogens is 178 g/mol. The van der Waals surface area contributed by atoms with Gasteiger partial charge >= 0.3 is 0 Å². The van der Waals surface area contributed by atoms with Crippen LogP contribution in [-0.4, -0.2) is 25.7 Å². The fourth-order valence-corrected chi connectivity index (χ4v) is 1.92. The van der Waals surface area contributed by atoms with Crippen LogP contribution in [0.25, 0.3) is 0 Å². The maximum atomic E-state index is 11.4. The van der Waals surface area contributed by atoms with Crippen LogP contribution >= 0.6 is 0 Å². The van der Waals surface area contributed by atoms with Crippen LogP contribution in [0.3, 0.4) is 0 Å². The largest absolute Gasteiger partial charge is 0.385 e. The van der Waals surface area contributed by atoms with Gasteiger partial charge in [0.1, 0.15) is 0 Å². The summed E-state index contributed by atoms with van der Waals surface area (Å²) in [5.41, 5.74) is 0. The van der Waals surface area contributed by atoms with Gasteiger partial charge in [0.25, 0.3) is 0 Å². The Bertz CT molecular complexity index is 165. The third-order valence-electron chi connectivity index (χ3n) is 2.72. The summed E-state index contributed by atoms with van der Waals surface area (Å²) in [7, 11) is 1.67. The van der Waals surface area contributed by atoms with E-state index in [4.69, 9.17) is 4.74 Å². The second-order valence-electron chi connectivity index (χ2n) is 4.00. The van der Waals surface area contributed by atoms with Crippen molar-refractivity contribution >= 4 is 5.91 Å². The molecule has 0 atom stereocenters. The van der Waals surface area contributed by atoms with E-state index in [1.165, 1.54) is 19.3 Å². The smallest absolute Gasteiger partial charge is 0.220 e. The molecule has 1 aliphatic carbocycles. The number of amides is 1. The maximum absolute atomic E-state index is 11.4. The normalized spacial score (nSPS) is 18.1. The van der Waals surface area contributed by atoms with Gasteiger partial charge in [0, 0.05) is 26.2 Å². The minimum Gasteiger partial charge on any atom is -0.385 e. The number of carbonyl (C=O) groups excluding carboxylic acids is 1. The molecular formula is C11H21NO2. The molecule has 0 unspecified atom stereocenters. The molecule has 1 N–H and O–H groups in total. The number of hydrogen-bond donors (Lipinski definition) is 1. The highest BCUT2D eigenvalue weighted by Gasteiger charge is 2.14. The van der Waals surface area contributed by atoms with E-state index in [0.29, 0.717) is 19.1 Å². The Morgan fingerprint density at radius 3 is 2.71 bits per heavy atom. The lowest BCUT2D eigenvalue weighted by Crippen LogP contribution is -2.36. The van der Waals surface area contributed by atoms with Crippen molar-refractivity contribution < 1.29 is 9.53 Å². The Balaban J connectivity index is 2.06. The first-order valence-corrected chi connectivity index (χ1v) is 5.61. The average Bonchev–Trinajstić information content (AvgIpc) is 2.20. The number of carbonyl (C=O) groups is 1. The molecule has 0 aromatic rings. The molecule has 1 rings (SSSR count). The summed E-state index contributed by atoms with van der Waals surface area (Å²) in [6.45, 7) is 0.679. The van der Waals surface area contributed by atoms with E-state index in [2.05, 4.69) is 5.32 Å². The van der Waals surface area contributed by atoms with Gasteiger partial charge in [-0.25, -0.2) is 0 Å². The van der Waals surface area contributed by atoms with Gasteiger partial charge in [-0.15, -0.1) is 0 Å². The van der Waals surface area contributed by atoms with Crippen LogP contribution in [0.1, 0.15) is 44.9 Å². The molecule has 0 spiro atoms. The molecule has 0 saturated heterocycles. The summed E-state index contributed by atoms with van der Waals surface area (Å²) in [6.07, 6.45) is 7.62. The van der Waals surface area contributed by atoms with E-state index in [9.17, 15) is 4.79 Å². The van der Waals surface area contributed by atoms with E-state index in [1.54, 1.807) is 7.11 Å². The molecule has 1 saturated carbocycles. The lowest BCUT2D eigenvalue weighted by Gasteiger charge is -2.22. The van der Waals surface area contributed by atoms with Crippen LogP contribution in [0.4, 0.5) is 0 Å². The number of methoxy groups -OCH3 is 1. The quantitative estimate of drug-likeness (QED) is 0.686. The van der Waals surface area contributed by atoms with E-state index in [1.807, 2.05) is 0 Å². The van der Waals surface area contributed by atoms with Crippen molar-refractivity contribution in [1.29, 1.82) is 0 Å². The summed E-state index contributed by atoms with van der Waals surface area (Å²) < 4.78 is 4.90. The highest BCUT2D eigenvalue weighted by molar-refractivity contribution is 5.76. The van der Waals surface area contributed by atoms with Crippen LogP contribution < -0.4 is 5.32 Å². The second kappa shape index (κ2) is 6.82. The Morgan fingerprint density at radius 2 is 2.07 bits per heavy atom. The van der Waals surface area contributed by atoms with Gasteiger partial charge < -0.3 is 10.1 Å². The van der Waals surface area contributed by atoms with Crippen molar-refractivity contribution in [3.8, 4) is 0 Å². The summed E-state index contributed by atoms with van der Waals surface area (Å²) in [6, 6.07) is 0.443. The lowest BCUT2D eigenvalue weighted by atomic mass is 9.95. The molecule has 0 aromatic heterocycles. The van der Waals surface area contributed by atoms with Crippen molar-refractivity contribution in [3.63, 3.8) is 0 Å². The third-order valence-corrected chi connectivity index (χ3v) is 2.72. The number of ether oxygens (including phenoxy) is 1. The van der Waals surface area contributed by atoms with Gasteiger partial charge in [0.2, 0.25) is 5.91 Å². The van der Waals surface area contributed by atoms with Gasteiger partial charge in [-0.1, -0.05) is 19.3 Å². The Labute approximate surface area is 86.2 Å². The van der Waals surface area contributed by atoms with E-state index >= 15 is 0 Å². The molecule has 0 bridgehead atoms. The average molecular weight is 199 g/mol. The Kier molecular flexibility index (Phi) is 5.60.